The zero-order valence-electron chi connectivity index (χ0n) is 14.6. The molecule has 0 aliphatic carbocycles. The standard InChI is InChI=1S/C19H16FN3O3S/c1-11(2)13-8-7-12(10-17(13)23(25)26)9-15-18(24)22(19(27)21-15)16-6-4-3-5-14(16)20/h3-11H,1-2H3,(H,21,27)/b15-9-. The third-order valence-electron chi connectivity index (χ3n) is 4.16. The average Bonchev–Trinajstić information content (AvgIpc) is 2.89. The van der Waals surface area contributed by atoms with Gasteiger partial charge in [0.05, 0.1) is 10.6 Å². The number of thiocarbonyl (C=S) groups is 1. The molecule has 2 aromatic rings. The van der Waals surface area contributed by atoms with Crippen molar-refractivity contribution in [1.82, 2.24) is 5.32 Å². The van der Waals surface area contributed by atoms with Crippen LogP contribution in [0, 0.1) is 15.9 Å². The highest BCUT2D eigenvalue weighted by atomic mass is 32.1. The molecule has 3 rings (SSSR count). The minimum absolute atomic E-state index is 0.0116. The number of hydrogen-bond acceptors (Lipinski definition) is 4. The summed E-state index contributed by atoms with van der Waals surface area (Å²) >= 11 is 5.15. The molecule has 1 aliphatic heterocycles. The minimum Gasteiger partial charge on any atom is -0.327 e. The smallest absolute Gasteiger partial charge is 0.281 e. The maximum absolute atomic E-state index is 14.0. The van der Waals surface area contributed by atoms with Crippen LogP contribution in [0.2, 0.25) is 0 Å². The summed E-state index contributed by atoms with van der Waals surface area (Å²) in [6.45, 7) is 3.74. The summed E-state index contributed by atoms with van der Waals surface area (Å²) in [5.74, 6) is -1.11. The van der Waals surface area contributed by atoms with Gasteiger partial charge < -0.3 is 5.32 Å². The van der Waals surface area contributed by atoms with Gasteiger partial charge in [0.2, 0.25) is 0 Å². The predicted octanol–water partition coefficient (Wildman–Crippen LogP) is 4.12. The van der Waals surface area contributed by atoms with Gasteiger partial charge in [-0.3, -0.25) is 14.9 Å². The molecule has 8 heteroatoms. The van der Waals surface area contributed by atoms with Crippen molar-refractivity contribution in [1.29, 1.82) is 0 Å². The van der Waals surface area contributed by atoms with E-state index in [0.717, 1.165) is 4.90 Å². The molecular weight excluding hydrogens is 369 g/mol. The van der Waals surface area contributed by atoms with Crippen molar-refractivity contribution >= 4 is 40.7 Å². The molecule has 0 spiro atoms. The van der Waals surface area contributed by atoms with Crippen LogP contribution in [-0.2, 0) is 4.79 Å². The number of amides is 1. The lowest BCUT2D eigenvalue weighted by molar-refractivity contribution is -0.385. The number of anilines is 1. The Morgan fingerprint density at radius 2 is 1.96 bits per heavy atom. The monoisotopic (exact) mass is 385 g/mol. The van der Waals surface area contributed by atoms with E-state index in [4.69, 9.17) is 12.2 Å². The number of rotatable bonds is 4. The van der Waals surface area contributed by atoms with E-state index in [1.165, 1.54) is 30.3 Å². The van der Waals surface area contributed by atoms with Crippen molar-refractivity contribution in [3.8, 4) is 0 Å². The van der Waals surface area contributed by atoms with Crippen LogP contribution in [0.1, 0.15) is 30.9 Å². The lowest BCUT2D eigenvalue weighted by Gasteiger charge is -2.14. The van der Waals surface area contributed by atoms with Crippen LogP contribution in [0.25, 0.3) is 6.08 Å². The van der Waals surface area contributed by atoms with Crippen LogP contribution in [0.5, 0.6) is 0 Å². The Morgan fingerprint density at radius 1 is 1.26 bits per heavy atom. The van der Waals surface area contributed by atoms with Gasteiger partial charge in [0.25, 0.3) is 11.6 Å². The lowest BCUT2D eigenvalue weighted by Crippen LogP contribution is -2.31. The first kappa shape index (κ1) is 18.7. The van der Waals surface area contributed by atoms with E-state index in [1.54, 1.807) is 18.2 Å². The summed E-state index contributed by atoms with van der Waals surface area (Å²) < 4.78 is 14.0. The van der Waals surface area contributed by atoms with E-state index >= 15 is 0 Å². The number of nitro benzene ring substituents is 1. The van der Waals surface area contributed by atoms with Gasteiger partial charge in [0.1, 0.15) is 11.5 Å². The van der Waals surface area contributed by atoms with Crippen LogP contribution in [0.15, 0.2) is 48.2 Å². The number of nitrogens with one attached hydrogen (secondary N) is 1. The topological polar surface area (TPSA) is 75.5 Å². The largest absolute Gasteiger partial charge is 0.327 e. The number of para-hydroxylation sites is 1. The van der Waals surface area contributed by atoms with E-state index in [9.17, 15) is 19.3 Å². The Bertz CT molecular complexity index is 988. The second kappa shape index (κ2) is 7.24. The summed E-state index contributed by atoms with van der Waals surface area (Å²) in [5.41, 5.74) is 1.23. The van der Waals surface area contributed by atoms with E-state index in [0.29, 0.717) is 11.1 Å². The molecule has 27 heavy (non-hydrogen) atoms. The van der Waals surface area contributed by atoms with E-state index in [1.807, 2.05) is 13.8 Å². The van der Waals surface area contributed by atoms with Gasteiger partial charge in [0, 0.05) is 11.6 Å². The number of halogens is 1. The van der Waals surface area contributed by atoms with Crippen molar-refractivity contribution < 1.29 is 14.1 Å². The van der Waals surface area contributed by atoms with Gasteiger partial charge in [-0.1, -0.05) is 38.1 Å². The van der Waals surface area contributed by atoms with Gasteiger partial charge in [-0.25, -0.2) is 9.29 Å². The Morgan fingerprint density at radius 3 is 2.59 bits per heavy atom. The van der Waals surface area contributed by atoms with Crippen LogP contribution in [0.3, 0.4) is 0 Å². The van der Waals surface area contributed by atoms with E-state index in [-0.39, 0.29) is 28.1 Å². The number of benzene rings is 2. The third kappa shape index (κ3) is 3.56. The Balaban J connectivity index is 1.98. The zero-order chi connectivity index (χ0) is 19.7. The maximum Gasteiger partial charge on any atom is 0.281 e. The molecule has 0 radical (unpaired) electrons. The molecule has 1 heterocycles. The lowest BCUT2D eigenvalue weighted by atomic mass is 9.99. The SMILES string of the molecule is CC(C)c1ccc(/C=C2\NC(=S)N(c3ccccc3F)C2=O)cc1[N+](=O)[O-]. The molecule has 0 saturated carbocycles. The second-order valence-corrected chi connectivity index (χ2v) is 6.70. The van der Waals surface area contributed by atoms with Crippen molar-refractivity contribution in [2.75, 3.05) is 4.90 Å². The predicted molar refractivity (Wildman–Crippen MR) is 105 cm³/mol. The number of carbonyl (C=O) groups excluding carboxylic acids is 1. The second-order valence-electron chi connectivity index (χ2n) is 6.31. The normalized spacial score (nSPS) is 15.6. The van der Waals surface area contributed by atoms with Crippen LogP contribution in [0.4, 0.5) is 15.8 Å². The molecule has 0 bridgehead atoms. The highest BCUT2D eigenvalue weighted by Gasteiger charge is 2.33. The molecular formula is C19H16FN3O3S. The fraction of sp³-hybridized carbons (Fsp3) is 0.158. The Labute approximate surface area is 160 Å². The molecule has 0 unspecified atom stereocenters. The van der Waals surface area contributed by atoms with Crippen LogP contribution >= 0.6 is 12.2 Å². The van der Waals surface area contributed by atoms with Crippen molar-refractivity contribution in [3.05, 3.63) is 75.2 Å². The van der Waals surface area contributed by atoms with Gasteiger partial charge in [0.15, 0.2) is 5.11 Å². The molecule has 0 aromatic heterocycles. The average molecular weight is 385 g/mol. The minimum atomic E-state index is -0.576. The van der Waals surface area contributed by atoms with E-state index in [2.05, 4.69) is 5.32 Å². The fourth-order valence-corrected chi connectivity index (χ4v) is 3.14. The van der Waals surface area contributed by atoms with E-state index < -0.39 is 16.6 Å². The summed E-state index contributed by atoms with van der Waals surface area (Å²) in [4.78, 5) is 24.6. The summed E-state index contributed by atoms with van der Waals surface area (Å²) in [7, 11) is 0. The first-order valence-electron chi connectivity index (χ1n) is 8.19. The molecule has 0 atom stereocenters. The number of carbonyl (C=O) groups is 1. The van der Waals surface area contributed by atoms with Gasteiger partial charge in [-0.15, -0.1) is 0 Å². The Hall–Kier alpha value is -3.13. The molecule has 2 aromatic carbocycles. The number of nitrogens with zero attached hydrogens (tertiary/aromatic N) is 2. The first-order chi connectivity index (χ1) is 12.8. The highest BCUT2D eigenvalue weighted by molar-refractivity contribution is 7.80. The quantitative estimate of drug-likeness (QED) is 0.371. The van der Waals surface area contributed by atoms with Crippen molar-refractivity contribution in [3.63, 3.8) is 0 Å². The molecule has 1 amide bonds. The van der Waals surface area contributed by atoms with Gasteiger partial charge in [-0.2, -0.15) is 0 Å². The summed E-state index contributed by atoms with van der Waals surface area (Å²) in [6, 6.07) is 10.6. The molecule has 1 aliphatic rings. The molecule has 1 fully saturated rings. The van der Waals surface area contributed by atoms with Crippen LogP contribution in [-0.4, -0.2) is 15.9 Å². The molecule has 1 saturated heterocycles. The molecule has 138 valence electrons. The maximum atomic E-state index is 14.0. The zero-order valence-corrected chi connectivity index (χ0v) is 15.4. The van der Waals surface area contributed by atoms with Crippen molar-refractivity contribution in [2.45, 2.75) is 19.8 Å². The van der Waals surface area contributed by atoms with Gasteiger partial charge in [-0.05, 0) is 41.9 Å². The van der Waals surface area contributed by atoms with Gasteiger partial charge >= 0.3 is 0 Å². The fourth-order valence-electron chi connectivity index (χ4n) is 2.85. The molecule has 6 nitrogen and oxygen atoms in total. The summed E-state index contributed by atoms with van der Waals surface area (Å²) in [5, 5.41) is 14.1. The number of nitro groups is 1. The molecule has 1 N–H and O–H groups in total. The van der Waals surface area contributed by atoms with Crippen molar-refractivity contribution in [2.24, 2.45) is 0 Å². The third-order valence-corrected chi connectivity index (χ3v) is 4.44. The number of hydrogen-bond donors (Lipinski definition) is 1. The summed E-state index contributed by atoms with van der Waals surface area (Å²) in [6.07, 6.45) is 1.46. The first-order valence-corrected chi connectivity index (χ1v) is 8.60. The Kier molecular flexibility index (Phi) is 5.00. The van der Waals surface area contributed by atoms with Crippen LogP contribution < -0.4 is 10.2 Å². The highest BCUT2D eigenvalue weighted by Crippen LogP contribution is 2.29.